The maximum absolute atomic E-state index is 12.2. The molecule has 0 radical (unpaired) electrons. The summed E-state index contributed by atoms with van der Waals surface area (Å²) >= 11 is 3.34. The minimum absolute atomic E-state index is 0.00188. The Labute approximate surface area is 112 Å². The quantitative estimate of drug-likeness (QED) is 0.719. The molecule has 0 aromatic heterocycles. The number of halogens is 1. The first-order chi connectivity index (χ1) is 7.87. The zero-order valence-corrected chi connectivity index (χ0v) is 12.8. The van der Waals surface area contributed by atoms with Crippen molar-refractivity contribution in [1.29, 1.82) is 0 Å². The van der Waals surface area contributed by atoms with Gasteiger partial charge in [0.1, 0.15) is 0 Å². The molecule has 0 aliphatic carbocycles. The van der Waals surface area contributed by atoms with Crippen molar-refractivity contribution in [3.8, 4) is 0 Å². The van der Waals surface area contributed by atoms with Crippen molar-refractivity contribution in [2.75, 3.05) is 23.4 Å². The minimum atomic E-state index is -2.98. The van der Waals surface area contributed by atoms with Crippen LogP contribution in [0.2, 0.25) is 0 Å². The summed E-state index contributed by atoms with van der Waals surface area (Å²) in [7, 11) is -2.98. The predicted molar refractivity (Wildman–Crippen MR) is 72.0 cm³/mol. The summed E-state index contributed by atoms with van der Waals surface area (Å²) in [5.41, 5.74) is 0. The summed E-state index contributed by atoms with van der Waals surface area (Å²) in [6.45, 7) is 4.63. The second-order valence-electron chi connectivity index (χ2n) is 4.77. The molecule has 4 nitrogen and oxygen atoms in total. The molecule has 0 aromatic rings. The summed E-state index contributed by atoms with van der Waals surface area (Å²) in [4.78, 5) is 14.0. The Kier molecular flexibility index (Phi) is 5.44. The highest BCUT2D eigenvalue weighted by Gasteiger charge is 2.35. The Morgan fingerprint density at radius 2 is 2.12 bits per heavy atom. The van der Waals surface area contributed by atoms with Crippen LogP contribution in [0.25, 0.3) is 0 Å². The second-order valence-corrected chi connectivity index (χ2v) is 7.79. The molecule has 1 aliphatic heterocycles. The van der Waals surface area contributed by atoms with Gasteiger partial charge in [-0.05, 0) is 26.7 Å². The first-order valence-electron chi connectivity index (χ1n) is 5.94. The molecule has 1 aliphatic rings. The van der Waals surface area contributed by atoms with Crippen LogP contribution in [0.4, 0.5) is 0 Å². The van der Waals surface area contributed by atoms with Crippen LogP contribution in [-0.4, -0.2) is 48.6 Å². The zero-order valence-electron chi connectivity index (χ0n) is 10.4. The fourth-order valence-electron chi connectivity index (χ4n) is 2.08. The number of amides is 1. The SMILES string of the molecule is CC(C)N(CCCBr)C(=O)C1CCS(=O)(=O)C1. The van der Waals surface area contributed by atoms with E-state index in [1.807, 2.05) is 13.8 Å². The van der Waals surface area contributed by atoms with Gasteiger partial charge in [0, 0.05) is 17.9 Å². The smallest absolute Gasteiger partial charge is 0.226 e. The van der Waals surface area contributed by atoms with Crippen molar-refractivity contribution in [2.45, 2.75) is 32.7 Å². The molecule has 6 heteroatoms. The fraction of sp³-hybridized carbons (Fsp3) is 0.909. The van der Waals surface area contributed by atoms with Crippen molar-refractivity contribution in [2.24, 2.45) is 5.92 Å². The van der Waals surface area contributed by atoms with Crippen LogP contribution in [0.5, 0.6) is 0 Å². The van der Waals surface area contributed by atoms with Crippen LogP contribution < -0.4 is 0 Å². The maximum Gasteiger partial charge on any atom is 0.226 e. The molecule has 1 unspecified atom stereocenters. The molecule has 1 rings (SSSR count). The van der Waals surface area contributed by atoms with Gasteiger partial charge < -0.3 is 4.90 Å². The monoisotopic (exact) mass is 325 g/mol. The minimum Gasteiger partial charge on any atom is -0.340 e. The van der Waals surface area contributed by atoms with Crippen LogP contribution >= 0.6 is 15.9 Å². The molecule has 0 N–H and O–H groups in total. The van der Waals surface area contributed by atoms with Gasteiger partial charge in [-0.3, -0.25) is 4.79 Å². The maximum atomic E-state index is 12.2. The Bertz CT molecular complexity index is 367. The molecular formula is C11H20BrNO3S. The molecule has 0 saturated carbocycles. The number of rotatable bonds is 5. The number of alkyl halides is 1. The van der Waals surface area contributed by atoms with E-state index in [4.69, 9.17) is 0 Å². The lowest BCUT2D eigenvalue weighted by molar-refractivity contribution is -0.136. The van der Waals surface area contributed by atoms with Gasteiger partial charge in [0.2, 0.25) is 5.91 Å². The van der Waals surface area contributed by atoms with Gasteiger partial charge in [0.15, 0.2) is 9.84 Å². The average molecular weight is 326 g/mol. The van der Waals surface area contributed by atoms with Gasteiger partial charge in [0.05, 0.1) is 17.4 Å². The van der Waals surface area contributed by atoms with E-state index in [-0.39, 0.29) is 29.4 Å². The highest BCUT2D eigenvalue weighted by Crippen LogP contribution is 2.21. The largest absolute Gasteiger partial charge is 0.340 e. The Morgan fingerprint density at radius 1 is 1.47 bits per heavy atom. The predicted octanol–water partition coefficient (Wildman–Crippen LogP) is 1.44. The van der Waals surface area contributed by atoms with Crippen LogP contribution in [0.3, 0.4) is 0 Å². The first-order valence-corrected chi connectivity index (χ1v) is 8.88. The molecule has 0 aromatic carbocycles. The van der Waals surface area contributed by atoms with E-state index in [0.717, 1.165) is 11.8 Å². The number of carbonyl (C=O) groups is 1. The van der Waals surface area contributed by atoms with Crippen molar-refractivity contribution >= 4 is 31.7 Å². The number of hydrogen-bond acceptors (Lipinski definition) is 3. The highest BCUT2D eigenvalue weighted by molar-refractivity contribution is 9.09. The van der Waals surface area contributed by atoms with Gasteiger partial charge in [-0.2, -0.15) is 0 Å². The third kappa shape index (κ3) is 4.25. The standard InChI is InChI=1S/C11H20BrNO3S/c1-9(2)13(6-3-5-12)11(14)10-4-7-17(15,16)8-10/h9-10H,3-8H2,1-2H3. The molecule has 1 amide bonds. The number of sulfone groups is 1. The molecular weight excluding hydrogens is 306 g/mol. The molecule has 17 heavy (non-hydrogen) atoms. The summed E-state index contributed by atoms with van der Waals surface area (Å²) in [6, 6.07) is 0.129. The summed E-state index contributed by atoms with van der Waals surface area (Å²) < 4.78 is 22.7. The van der Waals surface area contributed by atoms with Crippen LogP contribution in [0, 0.1) is 5.92 Å². The number of hydrogen-bond donors (Lipinski definition) is 0. The van der Waals surface area contributed by atoms with Crippen molar-refractivity contribution in [3.63, 3.8) is 0 Å². The second kappa shape index (κ2) is 6.18. The van der Waals surface area contributed by atoms with Crippen LogP contribution in [0.15, 0.2) is 0 Å². The average Bonchev–Trinajstić information content (AvgIpc) is 2.58. The van der Waals surface area contributed by atoms with Gasteiger partial charge in [0.25, 0.3) is 0 Å². The first kappa shape index (κ1) is 15.0. The number of nitrogens with zero attached hydrogens (tertiary/aromatic N) is 1. The topological polar surface area (TPSA) is 54.5 Å². The lowest BCUT2D eigenvalue weighted by Crippen LogP contribution is -2.42. The molecule has 100 valence electrons. The van der Waals surface area contributed by atoms with Crippen LogP contribution in [0.1, 0.15) is 26.7 Å². The third-order valence-corrected chi connectivity index (χ3v) is 5.35. The van der Waals surface area contributed by atoms with Gasteiger partial charge >= 0.3 is 0 Å². The molecule has 1 heterocycles. The van der Waals surface area contributed by atoms with E-state index in [9.17, 15) is 13.2 Å². The van der Waals surface area contributed by atoms with E-state index in [0.29, 0.717) is 13.0 Å². The van der Waals surface area contributed by atoms with E-state index in [2.05, 4.69) is 15.9 Å². The van der Waals surface area contributed by atoms with Crippen LogP contribution in [-0.2, 0) is 14.6 Å². The lowest BCUT2D eigenvalue weighted by Gasteiger charge is -2.28. The highest BCUT2D eigenvalue weighted by atomic mass is 79.9. The van der Waals surface area contributed by atoms with Gasteiger partial charge in [-0.15, -0.1) is 0 Å². The van der Waals surface area contributed by atoms with Gasteiger partial charge in [-0.25, -0.2) is 8.42 Å². The Morgan fingerprint density at radius 3 is 2.53 bits per heavy atom. The molecule has 0 spiro atoms. The van der Waals surface area contributed by atoms with Crippen molar-refractivity contribution in [1.82, 2.24) is 4.90 Å². The Balaban J connectivity index is 2.65. The van der Waals surface area contributed by atoms with E-state index < -0.39 is 9.84 Å². The Hall–Kier alpha value is -0.100. The zero-order chi connectivity index (χ0) is 13.1. The molecule has 0 bridgehead atoms. The fourth-order valence-corrected chi connectivity index (χ4v) is 4.06. The molecule has 1 fully saturated rings. The summed E-state index contributed by atoms with van der Waals surface area (Å²) in [5, 5.41) is 0.854. The molecule has 1 atom stereocenters. The van der Waals surface area contributed by atoms with Crippen molar-refractivity contribution in [3.05, 3.63) is 0 Å². The van der Waals surface area contributed by atoms with E-state index in [1.54, 1.807) is 4.90 Å². The third-order valence-electron chi connectivity index (χ3n) is 3.02. The van der Waals surface area contributed by atoms with E-state index >= 15 is 0 Å². The molecule has 1 saturated heterocycles. The van der Waals surface area contributed by atoms with E-state index in [1.165, 1.54) is 0 Å². The van der Waals surface area contributed by atoms with Crippen molar-refractivity contribution < 1.29 is 13.2 Å². The number of carbonyl (C=O) groups excluding carboxylic acids is 1. The lowest BCUT2D eigenvalue weighted by atomic mass is 10.1. The summed E-state index contributed by atoms with van der Waals surface area (Å²) in [5.74, 6) is -0.128. The summed E-state index contributed by atoms with van der Waals surface area (Å²) in [6.07, 6.45) is 1.38. The van der Waals surface area contributed by atoms with Gasteiger partial charge in [-0.1, -0.05) is 15.9 Å². The normalized spacial score (nSPS) is 22.9.